The molecular formula is C32H47F2N5O6S. The van der Waals surface area contributed by atoms with Gasteiger partial charge >= 0.3 is 0 Å². The van der Waals surface area contributed by atoms with Crippen molar-refractivity contribution in [3.8, 4) is 0 Å². The predicted molar refractivity (Wildman–Crippen MR) is 171 cm³/mol. The number of hydrogen-bond acceptors (Lipinski definition) is 7. The molecule has 0 saturated heterocycles. The molecule has 0 spiro atoms. The minimum atomic E-state index is -4.08. The van der Waals surface area contributed by atoms with Gasteiger partial charge in [-0.2, -0.15) is 0 Å². The van der Waals surface area contributed by atoms with E-state index in [1.807, 2.05) is 27.7 Å². The van der Waals surface area contributed by atoms with Crippen molar-refractivity contribution < 1.29 is 36.7 Å². The van der Waals surface area contributed by atoms with Crippen LogP contribution < -0.4 is 10.7 Å². The van der Waals surface area contributed by atoms with E-state index in [2.05, 4.69) is 10.7 Å². The SMILES string of the molecule is CCCN(CCC)C(=O)c1cc(C(=O)NC(Cc2cc(F)cc(F)c2)C(O)CN(C)NC(=O)CC(C)C)cc(S(=O)(=O)N(C)C)c1. The van der Waals surface area contributed by atoms with E-state index in [4.69, 9.17) is 0 Å². The smallest absolute Gasteiger partial charge is 0.253 e. The van der Waals surface area contributed by atoms with Crippen LogP contribution in [0.25, 0.3) is 0 Å². The molecule has 256 valence electrons. The van der Waals surface area contributed by atoms with Gasteiger partial charge < -0.3 is 15.3 Å². The summed E-state index contributed by atoms with van der Waals surface area (Å²) in [5.74, 6) is -3.15. The normalized spacial score (nSPS) is 13.2. The summed E-state index contributed by atoms with van der Waals surface area (Å²) in [4.78, 5) is 40.8. The molecule has 46 heavy (non-hydrogen) atoms. The van der Waals surface area contributed by atoms with E-state index in [-0.39, 0.29) is 52.8 Å². The van der Waals surface area contributed by atoms with E-state index in [1.165, 1.54) is 38.3 Å². The Kier molecular flexibility index (Phi) is 14.7. The van der Waals surface area contributed by atoms with Crippen LogP contribution in [-0.4, -0.2) is 98.4 Å². The van der Waals surface area contributed by atoms with Crippen molar-refractivity contribution in [3.05, 3.63) is 64.7 Å². The highest BCUT2D eigenvalue weighted by Crippen LogP contribution is 2.21. The van der Waals surface area contributed by atoms with Crippen molar-refractivity contribution in [3.63, 3.8) is 0 Å². The molecule has 14 heteroatoms. The number of likely N-dealkylation sites (N-methyl/N-ethyl adjacent to an activating group) is 1. The fourth-order valence-electron chi connectivity index (χ4n) is 4.85. The number of carbonyl (C=O) groups is 3. The van der Waals surface area contributed by atoms with Gasteiger partial charge in [0, 0.05) is 64.4 Å². The third-order valence-electron chi connectivity index (χ3n) is 7.00. The molecule has 0 saturated carbocycles. The third-order valence-corrected chi connectivity index (χ3v) is 8.79. The van der Waals surface area contributed by atoms with Crippen molar-refractivity contribution in [2.24, 2.45) is 5.92 Å². The average molecular weight is 668 g/mol. The summed E-state index contributed by atoms with van der Waals surface area (Å²) in [5.41, 5.74) is 2.61. The number of sulfonamides is 1. The van der Waals surface area contributed by atoms with Crippen molar-refractivity contribution in [2.75, 3.05) is 40.8 Å². The molecule has 2 atom stereocenters. The highest BCUT2D eigenvalue weighted by Gasteiger charge is 2.28. The third kappa shape index (κ3) is 11.4. The molecule has 2 aromatic rings. The summed E-state index contributed by atoms with van der Waals surface area (Å²) in [6.45, 7) is 8.25. The number of carbonyl (C=O) groups excluding carboxylic acids is 3. The Hall–Kier alpha value is -3.46. The zero-order valence-corrected chi connectivity index (χ0v) is 28.5. The van der Waals surface area contributed by atoms with Crippen LogP contribution in [0.2, 0.25) is 0 Å². The molecule has 2 unspecified atom stereocenters. The zero-order valence-electron chi connectivity index (χ0n) is 27.6. The molecule has 2 aromatic carbocycles. The van der Waals surface area contributed by atoms with Crippen LogP contribution in [0.15, 0.2) is 41.3 Å². The molecule has 11 nitrogen and oxygen atoms in total. The fraction of sp³-hybridized carbons (Fsp3) is 0.531. The topological polar surface area (TPSA) is 139 Å². The first-order valence-corrected chi connectivity index (χ1v) is 16.7. The molecule has 3 amide bonds. The molecule has 0 heterocycles. The minimum absolute atomic E-state index is 0.00752. The van der Waals surface area contributed by atoms with Crippen LogP contribution >= 0.6 is 0 Å². The Balaban J connectivity index is 2.52. The molecule has 0 aliphatic heterocycles. The molecule has 3 N–H and O–H groups in total. The van der Waals surface area contributed by atoms with Crippen LogP contribution in [0.4, 0.5) is 8.78 Å². The highest BCUT2D eigenvalue weighted by atomic mass is 32.2. The number of nitrogens with one attached hydrogen (secondary N) is 2. The summed E-state index contributed by atoms with van der Waals surface area (Å²) in [7, 11) is 0.0953. The zero-order chi connectivity index (χ0) is 34.8. The van der Waals surface area contributed by atoms with E-state index in [9.17, 15) is 36.7 Å². The number of rotatable bonds is 17. The first-order chi connectivity index (χ1) is 21.5. The Labute approximate surface area is 271 Å². The molecule has 0 radical (unpaired) electrons. The van der Waals surface area contributed by atoms with Crippen molar-refractivity contribution in [1.82, 2.24) is 25.0 Å². The lowest BCUT2D eigenvalue weighted by Crippen LogP contribution is -2.52. The van der Waals surface area contributed by atoms with Gasteiger partial charge in [-0.3, -0.25) is 19.8 Å². The first-order valence-electron chi connectivity index (χ1n) is 15.3. The van der Waals surface area contributed by atoms with Gasteiger partial charge in [0.2, 0.25) is 15.9 Å². The number of hydrogen-bond donors (Lipinski definition) is 3. The molecular weight excluding hydrogens is 620 g/mol. The van der Waals surface area contributed by atoms with E-state index >= 15 is 0 Å². The standard InChI is InChI=1S/C32H47F2N5O6S/c1-8-10-39(11-9-2)32(43)24-16-23(17-27(18-24)46(44,45)37(5)6)31(42)35-28(15-22-13-25(33)19-26(34)14-22)29(40)20-38(7)36-30(41)12-21(3)4/h13-14,16-19,21,28-29,40H,8-12,15,20H2,1-7H3,(H,35,42)(H,36,41). The lowest BCUT2D eigenvalue weighted by Gasteiger charge is -2.29. The predicted octanol–water partition coefficient (Wildman–Crippen LogP) is 3.19. The summed E-state index contributed by atoms with van der Waals surface area (Å²) in [6, 6.07) is 5.33. The maximum Gasteiger partial charge on any atom is 0.253 e. The molecule has 2 rings (SSSR count). The maximum atomic E-state index is 14.0. The van der Waals surface area contributed by atoms with E-state index in [0.29, 0.717) is 32.0 Å². The van der Waals surface area contributed by atoms with Crippen LogP contribution in [-0.2, 0) is 21.2 Å². The highest BCUT2D eigenvalue weighted by molar-refractivity contribution is 7.89. The second-order valence-electron chi connectivity index (χ2n) is 12.0. The van der Waals surface area contributed by atoms with Crippen molar-refractivity contribution >= 4 is 27.7 Å². The number of aliphatic hydroxyl groups excluding tert-OH is 1. The van der Waals surface area contributed by atoms with E-state index in [0.717, 1.165) is 22.5 Å². The average Bonchev–Trinajstić information content (AvgIpc) is 2.94. The summed E-state index contributed by atoms with van der Waals surface area (Å²) < 4.78 is 55.3. The molecule has 0 fully saturated rings. The Morgan fingerprint density at radius 2 is 1.46 bits per heavy atom. The monoisotopic (exact) mass is 667 g/mol. The Morgan fingerprint density at radius 1 is 0.891 bits per heavy atom. The molecule has 0 aliphatic carbocycles. The number of halogens is 2. The van der Waals surface area contributed by atoms with E-state index in [1.54, 1.807) is 4.90 Å². The number of nitrogens with zero attached hydrogens (tertiary/aromatic N) is 3. The van der Waals surface area contributed by atoms with Crippen LogP contribution in [0.1, 0.15) is 73.2 Å². The van der Waals surface area contributed by atoms with Crippen LogP contribution in [0.3, 0.4) is 0 Å². The van der Waals surface area contributed by atoms with Crippen LogP contribution in [0, 0.1) is 17.6 Å². The van der Waals surface area contributed by atoms with Gasteiger partial charge in [0.15, 0.2) is 0 Å². The van der Waals surface area contributed by atoms with Gasteiger partial charge in [-0.05, 0) is 61.1 Å². The lowest BCUT2D eigenvalue weighted by molar-refractivity contribution is -0.126. The largest absolute Gasteiger partial charge is 0.390 e. The number of amides is 3. The second kappa shape index (κ2) is 17.5. The van der Waals surface area contributed by atoms with Gasteiger partial charge in [-0.15, -0.1) is 0 Å². The number of aliphatic hydroxyl groups is 1. The molecule has 0 aromatic heterocycles. The van der Waals surface area contributed by atoms with Gasteiger partial charge in [-0.1, -0.05) is 27.7 Å². The molecule has 0 aliphatic rings. The van der Waals surface area contributed by atoms with Gasteiger partial charge in [0.05, 0.1) is 17.0 Å². The minimum Gasteiger partial charge on any atom is -0.390 e. The van der Waals surface area contributed by atoms with Crippen molar-refractivity contribution in [2.45, 2.75) is 70.4 Å². The van der Waals surface area contributed by atoms with E-state index < -0.39 is 45.6 Å². The van der Waals surface area contributed by atoms with Crippen LogP contribution in [0.5, 0.6) is 0 Å². The quantitative estimate of drug-likeness (QED) is 0.220. The van der Waals surface area contributed by atoms with Gasteiger partial charge in [0.25, 0.3) is 11.8 Å². The second-order valence-corrected chi connectivity index (χ2v) is 14.1. The van der Waals surface area contributed by atoms with Gasteiger partial charge in [-0.25, -0.2) is 26.5 Å². The lowest BCUT2D eigenvalue weighted by atomic mass is 9.99. The molecule has 0 bridgehead atoms. The maximum absolute atomic E-state index is 14.0. The van der Waals surface area contributed by atoms with Gasteiger partial charge in [0.1, 0.15) is 11.6 Å². The fourth-order valence-corrected chi connectivity index (χ4v) is 5.82. The summed E-state index contributed by atoms with van der Waals surface area (Å²) in [5, 5.41) is 15.2. The Morgan fingerprint density at radius 3 is 1.98 bits per heavy atom. The van der Waals surface area contributed by atoms with Crippen molar-refractivity contribution in [1.29, 1.82) is 0 Å². The summed E-state index contributed by atoms with van der Waals surface area (Å²) >= 11 is 0. The first kappa shape index (κ1) is 38.7. The number of hydrazine groups is 1. The number of benzene rings is 2. The Bertz CT molecular complexity index is 1440. The summed E-state index contributed by atoms with van der Waals surface area (Å²) in [6.07, 6.45) is 0.00380.